The Kier molecular flexibility index (Phi) is 18.1. The van der Waals surface area contributed by atoms with Gasteiger partial charge in [0, 0.05) is 12.6 Å². The van der Waals surface area contributed by atoms with Crippen molar-refractivity contribution in [3.8, 4) is 0 Å². The van der Waals surface area contributed by atoms with Gasteiger partial charge in [-0.2, -0.15) is 0 Å². The van der Waals surface area contributed by atoms with Crippen molar-refractivity contribution in [2.45, 2.75) is 45.6 Å². The van der Waals surface area contributed by atoms with Crippen molar-refractivity contribution in [2.75, 3.05) is 19.3 Å². The lowest BCUT2D eigenvalue weighted by atomic mass is 9.98. The van der Waals surface area contributed by atoms with E-state index in [9.17, 15) is 4.79 Å². The summed E-state index contributed by atoms with van der Waals surface area (Å²) in [5.74, 6) is 0.898. The molecule has 0 aromatic heterocycles. The van der Waals surface area contributed by atoms with Crippen molar-refractivity contribution < 1.29 is 9.59 Å². The Morgan fingerprint density at radius 1 is 0.935 bits per heavy atom. The fourth-order valence-electron chi connectivity index (χ4n) is 2.95. The van der Waals surface area contributed by atoms with Crippen LogP contribution in [0.2, 0.25) is 0 Å². The van der Waals surface area contributed by atoms with Crippen LogP contribution in [0, 0.1) is 0 Å². The van der Waals surface area contributed by atoms with Crippen LogP contribution in [-0.2, 0) is 9.59 Å². The molecule has 0 spiro atoms. The first-order valence-electron chi connectivity index (χ1n) is 10.7. The predicted octanol–water partition coefficient (Wildman–Crippen LogP) is 5.76. The lowest BCUT2D eigenvalue weighted by Crippen LogP contribution is -2.21. The molecule has 0 radical (unpaired) electrons. The highest BCUT2D eigenvalue weighted by molar-refractivity contribution is 8.13. The maximum atomic E-state index is 10.0. The van der Waals surface area contributed by atoms with Crippen LogP contribution in [0.5, 0.6) is 0 Å². The van der Waals surface area contributed by atoms with E-state index in [1.807, 2.05) is 20.8 Å². The Morgan fingerprint density at radius 3 is 1.84 bits per heavy atom. The zero-order valence-corrected chi connectivity index (χ0v) is 20.0. The molecule has 0 unspecified atom stereocenters. The highest BCUT2D eigenvalue weighted by Gasteiger charge is 2.13. The second-order valence-electron chi connectivity index (χ2n) is 6.84. The van der Waals surface area contributed by atoms with E-state index in [1.54, 1.807) is 6.92 Å². The van der Waals surface area contributed by atoms with E-state index in [4.69, 9.17) is 4.79 Å². The smallest absolute Gasteiger partial charge is 0.185 e. The molecule has 2 N–H and O–H groups in total. The SMILES string of the molecule is C=C(CCCCCNC)NC(c1ccccc1)c1ccccc1.C=O.CCSC(C)=O. The predicted molar refractivity (Wildman–Crippen MR) is 135 cm³/mol. The van der Waals surface area contributed by atoms with Gasteiger partial charge in [-0.1, -0.05) is 92.3 Å². The lowest BCUT2D eigenvalue weighted by Gasteiger charge is -2.22. The third kappa shape index (κ3) is 14.3. The van der Waals surface area contributed by atoms with Gasteiger partial charge in [-0.15, -0.1) is 0 Å². The van der Waals surface area contributed by atoms with Gasteiger partial charge < -0.3 is 15.4 Å². The normalized spacial score (nSPS) is 9.68. The van der Waals surface area contributed by atoms with Crippen LogP contribution in [0.1, 0.15) is 56.7 Å². The van der Waals surface area contributed by atoms with Gasteiger partial charge in [0.15, 0.2) is 5.12 Å². The summed E-state index contributed by atoms with van der Waals surface area (Å²) >= 11 is 1.35. The number of carbonyl (C=O) groups is 2. The molecule has 4 nitrogen and oxygen atoms in total. The van der Waals surface area contributed by atoms with Crippen molar-refractivity contribution in [3.05, 3.63) is 84.1 Å². The Morgan fingerprint density at radius 2 is 1.45 bits per heavy atom. The largest absolute Gasteiger partial charge is 0.378 e. The van der Waals surface area contributed by atoms with E-state index in [2.05, 4.69) is 77.9 Å². The highest BCUT2D eigenvalue weighted by Crippen LogP contribution is 2.23. The first-order chi connectivity index (χ1) is 15.1. The topological polar surface area (TPSA) is 58.2 Å². The second kappa shape index (κ2) is 19.6. The maximum absolute atomic E-state index is 10.0. The quantitative estimate of drug-likeness (QED) is 0.433. The molecule has 0 heterocycles. The minimum Gasteiger partial charge on any atom is -0.378 e. The lowest BCUT2D eigenvalue weighted by molar-refractivity contribution is -0.109. The molecule has 0 aliphatic heterocycles. The van der Waals surface area contributed by atoms with Gasteiger partial charge in [0.25, 0.3) is 0 Å². The van der Waals surface area contributed by atoms with Crippen LogP contribution >= 0.6 is 11.8 Å². The van der Waals surface area contributed by atoms with Crippen LogP contribution in [0.4, 0.5) is 0 Å². The fourth-order valence-corrected chi connectivity index (χ4v) is 3.35. The van der Waals surface area contributed by atoms with E-state index in [1.165, 1.54) is 42.2 Å². The monoisotopic (exact) mass is 442 g/mol. The molecule has 0 bridgehead atoms. The Balaban J connectivity index is 0.000000970. The molecule has 0 saturated heterocycles. The number of hydrogen-bond acceptors (Lipinski definition) is 5. The summed E-state index contributed by atoms with van der Waals surface area (Å²) in [7, 11) is 2.00. The average molecular weight is 443 g/mol. The zero-order valence-electron chi connectivity index (χ0n) is 19.2. The number of allylic oxidation sites excluding steroid dienone is 1. The highest BCUT2D eigenvalue weighted by atomic mass is 32.2. The molecule has 0 fully saturated rings. The molecule has 0 amide bonds. The number of carbonyl (C=O) groups excluding carboxylic acids is 2. The molecule has 31 heavy (non-hydrogen) atoms. The van der Waals surface area contributed by atoms with Crippen molar-refractivity contribution >= 4 is 23.7 Å². The Hall–Kier alpha value is -2.37. The number of nitrogens with one attached hydrogen (secondary N) is 2. The molecule has 0 aliphatic carbocycles. The summed E-state index contributed by atoms with van der Waals surface area (Å²) in [6, 6.07) is 21.3. The minimum absolute atomic E-state index is 0.169. The molecule has 0 aliphatic rings. The molecule has 170 valence electrons. The van der Waals surface area contributed by atoms with Crippen LogP contribution < -0.4 is 10.6 Å². The molecule has 2 rings (SSSR count). The first-order valence-corrected chi connectivity index (χ1v) is 11.7. The standard InChI is InChI=1S/C21H28N2.C4H8OS.CH2O/c1-18(12-6-5-11-17-22-2)23-21(19-13-7-3-8-14-19)20-15-9-4-10-16-20;1-3-6-4(2)5;1-2/h3-4,7-10,13-16,21-23H,1,5-6,11-12,17H2,2H3;3H2,1-2H3;1H2. The second-order valence-corrected chi connectivity index (χ2v) is 8.28. The van der Waals surface area contributed by atoms with Gasteiger partial charge in [-0.3, -0.25) is 4.79 Å². The average Bonchev–Trinajstić information content (AvgIpc) is 2.80. The minimum atomic E-state index is 0.169. The molecular weight excluding hydrogens is 404 g/mol. The van der Waals surface area contributed by atoms with Crippen molar-refractivity contribution in [3.63, 3.8) is 0 Å². The summed E-state index contributed by atoms with van der Waals surface area (Å²) in [4.78, 5) is 18.0. The van der Waals surface area contributed by atoms with E-state index in [0.29, 0.717) is 0 Å². The van der Waals surface area contributed by atoms with E-state index in [-0.39, 0.29) is 11.2 Å². The van der Waals surface area contributed by atoms with Gasteiger partial charge in [0.05, 0.1) is 6.04 Å². The molecule has 2 aromatic rings. The van der Waals surface area contributed by atoms with Crippen LogP contribution in [-0.4, -0.2) is 31.2 Å². The molecule has 0 saturated carbocycles. The maximum Gasteiger partial charge on any atom is 0.185 e. The van der Waals surface area contributed by atoms with E-state index < -0.39 is 0 Å². The van der Waals surface area contributed by atoms with Crippen LogP contribution in [0.25, 0.3) is 0 Å². The molecule has 2 aromatic carbocycles. The first kappa shape index (κ1) is 28.6. The van der Waals surface area contributed by atoms with Crippen molar-refractivity contribution in [2.24, 2.45) is 0 Å². The fraction of sp³-hybridized carbons (Fsp3) is 0.385. The Labute approximate surface area is 192 Å². The third-order valence-electron chi connectivity index (χ3n) is 4.37. The summed E-state index contributed by atoms with van der Waals surface area (Å²) in [5, 5.41) is 7.03. The van der Waals surface area contributed by atoms with Crippen LogP contribution in [0.15, 0.2) is 72.9 Å². The summed E-state index contributed by atoms with van der Waals surface area (Å²) in [5.41, 5.74) is 3.66. The zero-order chi connectivity index (χ0) is 23.3. The van der Waals surface area contributed by atoms with Gasteiger partial charge in [0.2, 0.25) is 0 Å². The number of thioether (sulfide) groups is 1. The number of benzene rings is 2. The van der Waals surface area contributed by atoms with Gasteiger partial charge in [-0.25, -0.2) is 0 Å². The van der Waals surface area contributed by atoms with E-state index in [0.717, 1.165) is 24.4 Å². The third-order valence-corrected chi connectivity index (χ3v) is 5.06. The van der Waals surface area contributed by atoms with Gasteiger partial charge >= 0.3 is 0 Å². The van der Waals surface area contributed by atoms with Gasteiger partial charge in [0.1, 0.15) is 6.79 Å². The number of unbranched alkanes of at least 4 members (excludes halogenated alkanes) is 2. The summed E-state index contributed by atoms with van der Waals surface area (Å²) in [6.45, 7) is 10.9. The van der Waals surface area contributed by atoms with Gasteiger partial charge in [-0.05, 0) is 49.7 Å². The number of rotatable bonds is 11. The molecular formula is C26H38N2O2S. The number of hydrogen-bond donors (Lipinski definition) is 2. The molecule has 0 atom stereocenters. The van der Waals surface area contributed by atoms with Crippen molar-refractivity contribution in [1.82, 2.24) is 10.6 Å². The Bertz CT molecular complexity index is 668. The van der Waals surface area contributed by atoms with Crippen molar-refractivity contribution in [1.29, 1.82) is 0 Å². The summed E-state index contributed by atoms with van der Waals surface area (Å²) in [6.07, 6.45) is 4.68. The van der Waals surface area contributed by atoms with E-state index >= 15 is 0 Å². The molecule has 5 heteroatoms. The van der Waals surface area contributed by atoms with Crippen LogP contribution in [0.3, 0.4) is 0 Å². The summed E-state index contributed by atoms with van der Waals surface area (Å²) < 4.78 is 0.